The zero-order valence-corrected chi connectivity index (χ0v) is 23.7. The number of anilines is 2. The van der Waals surface area contributed by atoms with E-state index in [-0.39, 0.29) is 23.7 Å². The van der Waals surface area contributed by atoms with Gasteiger partial charge in [-0.15, -0.1) is 0 Å². The summed E-state index contributed by atoms with van der Waals surface area (Å²) >= 11 is 0. The van der Waals surface area contributed by atoms with Crippen LogP contribution in [-0.4, -0.2) is 32.0 Å². The molecular formula is C33H36N2O5. The number of nitrogens with zero attached hydrogens (tertiary/aromatic N) is 1. The van der Waals surface area contributed by atoms with E-state index in [0.29, 0.717) is 35.7 Å². The van der Waals surface area contributed by atoms with E-state index in [1.165, 1.54) is 0 Å². The standard InChI is InChI=1S/C33H36N2O5/c1-6-20(2)40-29-14-10-7-11-24(29)33-32-26(34-25-12-8-9-13-27(25)35(33)21(3)36)17-23(18-28(32)37)22-15-16-30(38-4)31(19-22)39-5/h7-16,19-20,23,33-34H,6,17-18H2,1-5H3/t20-,23+,33-/m1/s1. The van der Waals surface area contributed by atoms with Gasteiger partial charge in [-0.25, -0.2) is 0 Å². The first-order chi connectivity index (χ1) is 19.4. The number of methoxy groups -OCH3 is 2. The van der Waals surface area contributed by atoms with E-state index < -0.39 is 6.04 Å². The summed E-state index contributed by atoms with van der Waals surface area (Å²) in [6, 6.07) is 20.6. The number of allylic oxidation sites excluding steroid dienone is 1. The third-order valence-corrected chi connectivity index (χ3v) is 7.82. The van der Waals surface area contributed by atoms with Gasteiger partial charge in [-0.2, -0.15) is 0 Å². The molecule has 208 valence electrons. The van der Waals surface area contributed by atoms with Crippen LogP contribution in [0.4, 0.5) is 11.4 Å². The van der Waals surface area contributed by atoms with Crippen LogP contribution in [0.2, 0.25) is 0 Å². The van der Waals surface area contributed by atoms with Gasteiger partial charge in [-0.1, -0.05) is 43.3 Å². The van der Waals surface area contributed by atoms with Crippen LogP contribution in [-0.2, 0) is 9.59 Å². The minimum absolute atomic E-state index is 0.00376. The highest BCUT2D eigenvalue weighted by molar-refractivity contribution is 6.06. The predicted molar refractivity (Wildman–Crippen MR) is 156 cm³/mol. The number of amides is 1. The van der Waals surface area contributed by atoms with Crippen LogP contribution < -0.4 is 24.4 Å². The molecule has 3 atom stereocenters. The summed E-state index contributed by atoms with van der Waals surface area (Å²) in [5.74, 6) is 1.72. The number of ketones is 1. The van der Waals surface area contributed by atoms with Crippen molar-refractivity contribution in [1.29, 1.82) is 0 Å². The number of para-hydroxylation sites is 3. The van der Waals surface area contributed by atoms with Gasteiger partial charge in [0.1, 0.15) is 5.75 Å². The lowest BCUT2D eigenvalue weighted by Crippen LogP contribution is -2.37. The summed E-state index contributed by atoms with van der Waals surface area (Å²) in [4.78, 5) is 29.3. The Morgan fingerprint density at radius 3 is 2.42 bits per heavy atom. The fourth-order valence-corrected chi connectivity index (χ4v) is 5.69. The van der Waals surface area contributed by atoms with Crippen molar-refractivity contribution in [2.24, 2.45) is 0 Å². The Balaban J connectivity index is 1.68. The van der Waals surface area contributed by atoms with Crippen LogP contribution in [0.15, 0.2) is 78.0 Å². The number of nitrogens with one attached hydrogen (secondary N) is 1. The largest absolute Gasteiger partial charge is 0.493 e. The van der Waals surface area contributed by atoms with Crippen molar-refractivity contribution in [3.8, 4) is 17.2 Å². The van der Waals surface area contributed by atoms with E-state index in [2.05, 4.69) is 12.2 Å². The molecule has 3 aromatic carbocycles. The van der Waals surface area contributed by atoms with Crippen LogP contribution in [0.25, 0.3) is 0 Å². The quantitative estimate of drug-likeness (QED) is 0.355. The van der Waals surface area contributed by atoms with E-state index in [9.17, 15) is 9.59 Å². The molecule has 1 amide bonds. The Labute approximate surface area is 235 Å². The fraction of sp³-hybridized carbons (Fsp3) is 0.333. The Morgan fingerprint density at radius 2 is 1.70 bits per heavy atom. The lowest BCUT2D eigenvalue weighted by molar-refractivity contribution is -0.117. The first-order valence-corrected chi connectivity index (χ1v) is 13.8. The number of carbonyl (C=O) groups excluding carboxylic acids is 2. The molecular weight excluding hydrogens is 504 g/mol. The zero-order valence-electron chi connectivity index (χ0n) is 23.7. The number of fused-ring (bicyclic) bond motifs is 1. The van der Waals surface area contributed by atoms with E-state index >= 15 is 0 Å². The highest BCUT2D eigenvalue weighted by Gasteiger charge is 2.42. The van der Waals surface area contributed by atoms with Crippen LogP contribution in [0.3, 0.4) is 0 Å². The summed E-state index contributed by atoms with van der Waals surface area (Å²) in [5.41, 5.74) is 4.72. The van der Waals surface area contributed by atoms with Crippen LogP contribution >= 0.6 is 0 Å². The molecule has 1 heterocycles. The van der Waals surface area contributed by atoms with Crippen molar-refractivity contribution in [3.63, 3.8) is 0 Å². The molecule has 3 aromatic rings. The summed E-state index contributed by atoms with van der Waals surface area (Å²) in [6.07, 6.45) is 1.72. The Kier molecular flexibility index (Phi) is 7.83. The number of ether oxygens (including phenoxy) is 3. The molecule has 1 N–H and O–H groups in total. The predicted octanol–water partition coefficient (Wildman–Crippen LogP) is 6.80. The third kappa shape index (κ3) is 5.04. The third-order valence-electron chi connectivity index (χ3n) is 7.82. The van der Waals surface area contributed by atoms with Crippen molar-refractivity contribution in [2.75, 3.05) is 24.4 Å². The zero-order chi connectivity index (χ0) is 28.4. The smallest absolute Gasteiger partial charge is 0.224 e. The maximum absolute atomic E-state index is 14.2. The van der Waals surface area contributed by atoms with E-state index in [1.807, 2.05) is 73.7 Å². The lowest BCUT2D eigenvalue weighted by Gasteiger charge is -2.35. The first-order valence-electron chi connectivity index (χ1n) is 13.8. The number of rotatable bonds is 7. The molecule has 2 aliphatic rings. The number of hydrogen-bond acceptors (Lipinski definition) is 6. The van der Waals surface area contributed by atoms with Crippen molar-refractivity contribution in [2.45, 2.75) is 58.1 Å². The molecule has 0 aromatic heterocycles. The molecule has 0 fully saturated rings. The van der Waals surface area contributed by atoms with Crippen molar-refractivity contribution in [1.82, 2.24) is 0 Å². The number of Topliss-reactive ketones (excluding diaryl/α,β-unsaturated/α-hetero) is 1. The number of hydrogen-bond donors (Lipinski definition) is 1. The van der Waals surface area contributed by atoms with E-state index in [1.54, 1.807) is 26.0 Å². The molecule has 40 heavy (non-hydrogen) atoms. The van der Waals surface area contributed by atoms with Gasteiger partial charge in [0, 0.05) is 30.2 Å². The molecule has 0 radical (unpaired) electrons. The second kappa shape index (κ2) is 11.5. The van der Waals surface area contributed by atoms with Gasteiger partial charge < -0.3 is 19.5 Å². The molecule has 1 aliphatic heterocycles. The molecule has 0 spiro atoms. The SMILES string of the molecule is CC[C@@H](C)Oc1ccccc1[C@@H]1C2=C(C[C@H](c3ccc(OC)c(OC)c3)CC2=O)Nc2ccccc2N1C(C)=O. The molecule has 0 saturated carbocycles. The van der Waals surface area contributed by atoms with Crippen molar-refractivity contribution < 1.29 is 23.8 Å². The first kappa shape index (κ1) is 27.3. The van der Waals surface area contributed by atoms with Crippen LogP contribution in [0.1, 0.15) is 63.1 Å². The topological polar surface area (TPSA) is 77.1 Å². The molecule has 7 nitrogen and oxygen atoms in total. The molecule has 0 saturated heterocycles. The Bertz CT molecular complexity index is 1460. The molecule has 1 aliphatic carbocycles. The second-order valence-electron chi connectivity index (χ2n) is 10.3. The molecule has 7 heteroatoms. The number of benzene rings is 3. The molecule has 0 bridgehead atoms. The summed E-state index contributed by atoms with van der Waals surface area (Å²) in [5, 5.41) is 3.57. The Hall–Kier alpha value is -4.26. The van der Waals surface area contributed by atoms with Crippen molar-refractivity contribution >= 4 is 23.1 Å². The average Bonchev–Trinajstić information content (AvgIpc) is 3.11. The van der Waals surface area contributed by atoms with Gasteiger partial charge >= 0.3 is 0 Å². The van der Waals surface area contributed by atoms with Gasteiger partial charge in [0.25, 0.3) is 0 Å². The highest BCUT2D eigenvalue weighted by atomic mass is 16.5. The maximum Gasteiger partial charge on any atom is 0.224 e. The minimum atomic E-state index is -0.636. The number of carbonyl (C=O) groups is 2. The normalized spacial score (nSPS) is 19.1. The maximum atomic E-state index is 14.2. The lowest BCUT2D eigenvalue weighted by atomic mass is 9.78. The van der Waals surface area contributed by atoms with Gasteiger partial charge in [0.05, 0.1) is 37.7 Å². The highest BCUT2D eigenvalue weighted by Crippen LogP contribution is 2.49. The average molecular weight is 541 g/mol. The monoisotopic (exact) mass is 540 g/mol. The molecule has 0 unspecified atom stereocenters. The van der Waals surface area contributed by atoms with Gasteiger partial charge in [-0.3, -0.25) is 14.5 Å². The second-order valence-corrected chi connectivity index (χ2v) is 10.3. The van der Waals surface area contributed by atoms with E-state index in [0.717, 1.165) is 34.6 Å². The van der Waals surface area contributed by atoms with Crippen LogP contribution in [0, 0.1) is 0 Å². The van der Waals surface area contributed by atoms with Gasteiger partial charge in [0.2, 0.25) is 5.91 Å². The van der Waals surface area contributed by atoms with Gasteiger partial charge in [0.15, 0.2) is 17.3 Å². The Morgan fingerprint density at radius 1 is 0.975 bits per heavy atom. The summed E-state index contributed by atoms with van der Waals surface area (Å²) < 4.78 is 17.3. The molecule has 5 rings (SSSR count). The van der Waals surface area contributed by atoms with Crippen molar-refractivity contribution in [3.05, 3.63) is 89.1 Å². The van der Waals surface area contributed by atoms with Crippen LogP contribution in [0.5, 0.6) is 17.2 Å². The van der Waals surface area contributed by atoms with Gasteiger partial charge in [-0.05, 0) is 61.6 Å². The fourth-order valence-electron chi connectivity index (χ4n) is 5.69. The minimum Gasteiger partial charge on any atom is -0.493 e. The van der Waals surface area contributed by atoms with E-state index in [4.69, 9.17) is 14.2 Å². The summed E-state index contributed by atoms with van der Waals surface area (Å²) in [7, 11) is 3.22. The summed E-state index contributed by atoms with van der Waals surface area (Å²) in [6.45, 7) is 5.64.